The van der Waals surface area contributed by atoms with E-state index in [4.69, 9.17) is 10.00 Å². The van der Waals surface area contributed by atoms with Crippen molar-refractivity contribution in [2.45, 2.75) is 13.8 Å². The molecule has 17 heavy (non-hydrogen) atoms. The molecule has 0 saturated heterocycles. The number of rotatable bonds is 3. The fourth-order valence-corrected chi connectivity index (χ4v) is 1.11. The highest BCUT2D eigenvalue weighted by atomic mass is 16.5. The van der Waals surface area contributed by atoms with E-state index in [2.05, 4.69) is 6.58 Å². The summed E-state index contributed by atoms with van der Waals surface area (Å²) in [6.45, 7) is 6.82. The van der Waals surface area contributed by atoms with E-state index in [0.29, 0.717) is 16.9 Å². The van der Waals surface area contributed by atoms with Crippen LogP contribution in [0.5, 0.6) is 5.75 Å². The van der Waals surface area contributed by atoms with E-state index in [1.807, 2.05) is 6.07 Å². The summed E-state index contributed by atoms with van der Waals surface area (Å²) in [7, 11) is 0. The molecular formula is C14H13NO2. The third-order valence-electron chi connectivity index (χ3n) is 2.00. The van der Waals surface area contributed by atoms with Crippen LogP contribution in [0.15, 0.2) is 42.0 Å². The van der Waals surface area contributed by atoms with Crippen molar-refractivity contribution in [3.05, 3.63) is 47.6 Å². The first kappa shape index (κ1) is 12.7. The molecule has 0 spiro atoms. The zero-order valence-electron chi connectivity index (χ0n) is 9.86. The average molecular weight is 227 g/mol. The van der Waals surface area contributed by atoms with E-state index in [0.717, 1.165) is 5.56 Å². The van der Waals surface area contributed by atoms with Crippen molar-refractivity contribution in [1.29, 1.82) is 5.26 Å². The third-order valence-corrected chi connectivity index (χ3v) is 2.00. The van der Waals surface area contributed by atoms with Crippen LogP contribution < -0.4 is 4.74 Å². The van der Waals surface area contributed by atoms with Crippen molar-refractivity contribution in [3.63, 3.8) is 0 Å². The molecule has 0 N–H and O–H groups in total. The first-order valence-electron chi connectivity index (χ1n) is 5.09. The van der Waals surface area contributed by atoms with Crippen molar-refractivity contribution in [1.82, 2.24) is 0 Å². The molecule has 0 radical (unpaired) electrons. The first-order chi connectivity index (χ1) is 8.02. The summed E-state index contributed by atoms with van der Waals surface area (Å²) < 4.78 is 5.04. The van der Waals surface area contributed by atoms with Crippen LogP contribution >= 0.6 is 0 Å². The largest absolute Gasteiger partial charge is 0.423 e. The monoisotopic (exact) mass is 227 g/mol. The Bertz CT molecular complexity index is 504. The molecule has 0 aliphatic heterocycles. The van der Waals surface area contributed by atoms with Gasteiger partial charge in [0.2, 0.25) is 0 Å². The SMILES string of the molecule is C=C(C)C(=O)Oc1ccc(/C=C(\C)C#N)cc1. The van der Waals surface area contributed by atoms with E-state index >= 15 is 0 Å². The van der Waals surface area contributed by atoms with E-state index in [-0.39, 0.29) is 0 Å². The molecule has 0 bridgehead atoms. The lowest BCUT2D eigenvalue weighted by Crippen LogP contribution is -2.07. The summed E-state index contributed by atoms with van der Waals surface area (Å²) in [5, 5.41) is 8.63. The predicted octanol–water partition coefficient (Wildman–Crippen LogP) is 3.09. The Hall–Kier alpha value is -2.34. The molecule has 1 aromatic carbocycles. The predicted molar refractivity (Wildman–Crippen MR) is 66.2 cm³/mol. The van der Waals surface area contributed by atoms with E-state index in [1.165, 1.54) is 0 Å². The molecule has 0 fully saturated rings. The van der Waals surface area contributed by atoms with Crippen LogP contribution in [-0.4, -0.2) is 5.97 Å². The van der Waals surface area contributed by atoms with Gasteiger partial charge >= 0.3 is 5.97 Å². The lowest BCUT2D eigenvalue weighted by atomic mass is 10.1. The molecule has 3 heteroatoms. The fourth-order valence-electron chi connectivity index (χ4n) is 1.11. The zero-order valence-corrected chi connectivity index (χ0v) is 9.86. The minimum atomic E-state index is -0.443. The molecule has 0 amide bonds. The topological polar surface area (TPSA) is 50.1 Å². The average Bonchev–Trinajstić information content (AvgIpc) is 2.31. The molecule has 0 aliphatic rings. The maximum absolute atomic E-state index is 11.2. The van der Waals surface area contributed by atoms with Crippen LogP contribution in [-0.2, 0) is 4.79 Å². The lowest BCUT2D eigenvalue weighted by Gasteiger charge is -2.03. The summed E-state index contributed by atoms with van der Waals surface area (Å²) in [6, 6.07) is 8.95. The minimum Gasteiger partial charge on any atom is -0.423 e. The smallest absolute Gasteiger partial charge is 0.338 e. The fraction of sp³-hybridized carbons (Fsp3) is 0.143. The molecule has 0 aromatic heterocycles. The Labute approximate surface area is 101 Å². The van der Waals surface area contributed by atoms with Gasteiger partial charge in [0.1, 0.15) is 5.75 Å². The number of nitriles is 1. The number of hydrogen-bond donors (Lipinski definition) is 0. The van der Waals surface area contributed by atoms with Crippen molar-refractivity contribution in [3.8, 4) is 11.8 Å². The number of nitrogens with zero attached hydrogens (tertiary/aromatic N) is 1. The summed E-state index contributed by atoms with van der Waals surface area (Å²) >= 11 is 0. The van der Waals surface area contributed by atoms with Gasteiger partial charge in [-0.3, -0.25) is 0 Å². The Morgan fingerprint density at radius 3 is 2.41 bits per heavy atom. The van der Waals surface area contributed by atoms with Gasteiger partial charge in [-0.15, -0.1) is 0 Å². The molecule has 3 nitrogen and oxygen atoms in total. The van der Waals surface area contributed by atoms with Gasteiger partial charge in [0.15, 0.2) is 0 Å². The van der Waals surface area contributed by atoms with Gasteiger partial charge < -0.3 is 4.74 Å². The molecule has 0 saturated carbocycles. The lowest BCUT2D eigenvalue weighted by molar-refractivity contribution is -0.130. The maximum atomic E-state index is 11.2. The summed E-state index contributed by atoms with van der Waals surface area (Å²) in [5.41, 5.74) is 1.87. The van der Waals surface area contributed by atoms with Crippen LogP contribution in [0.4, 0.5) is 0 Å². The van der Waals surface area contributed by atoms with E-state index in [9.17, 15) is 4.79 Å². The molecule has 0 atom stereocenters. The van der Waals surface area contributed by atoms with Crippen molar-refractivity contribution >= 4 is 12.0 Å². The number of allylic oxidation sites excluding steroid dienone is 1. The highest BCUT2D eigenvalue weighted by Gasteiger charge is 2.04. The van der Waals surface area contributed by atoms with Crippen LogP contribution in [0.3, 0.4) is 0 Å². The second kappa shape index (κ2) is 5.66. The standard InChI is InChI=1S/C14H13NO2/c1-10(2)14(16)17-13-6-4-12(5-7-13)8-11(3)9-15/h4-8H,1H2,2-3H3/b11-8+. The minimum absolute atomic E-state index is 0.356. The summed E-state index contributed by atoms with van der Waals surface area (Å²) in [6.07, 6.45) is 1.75. The molecular weight excluding hydrogens is 214 g/mol. The maximum Gasteiger partial charge on any atom is 0.338 e. The van der Waals surface area contributed by atoms with Gasteiger partial charge in [0, 0.05) is 11.1 Å². The number of ether oxygens (including phenoxy) is 1. The van der Waals surface area contributed by atoms with Gasteiger partial charge in [-0.1, -0.05) is 18.7 Å². The third kappa shape index (κ3) is 3.96. The van der Waals surface area contributed by atoms with Gasteiger partial charge in [-0.2, -0.15) is 5.26 Å². The summed E-state index contributed by atoms with van der Waals surface area (Å²) in [5.74, 6) is 0.0197. The number of hydrogen-bond acceptors (Lipinski definition) is 3. The van der Waals surface area contributed by atoms with Crippen LogP contribution in [0.25, 0.3) is 6.08 Å². The highest BCUT2D eigenvalue weighted by Crippen LogP contribution is 2.15. The van der Waals surface area contributed by atoms with Gasteiger partial charge in [0.05, 0.1) is 6.07 Å². The van der Waals surface area contributed by atoms with Gasteiger partial charge in [0.25, 0.3) is 0 Å². The Morgan fingerprint density at radius 2 is 1.94 bits per heavy atom. The normalized spacial score (nSPS) is 10.5. The highest BCUT2D eigenvalue weighted by molar-refractivity contribution is 5.88. The van der Waals surface area contributed by atoms with Gasteiger partial charge in [-0.25, -0.2) is 4.79 Å². The Morgan fingerprint density at radius 1 is 1.35 bits per heavy atom. The Kier molecular flexibility index (Phi) is 4.24. The quantitative estimate of drug-likeness (QED) is 0.345. The van der Waals surface area contributed by atoms with Gasteiger partial charge in [-0.05, 0) is 37.6 Å². The molecule has 0 aliphatic carbocycles. The second-order valence-corrected chi connectivity index (χ2v) is 3.68. The first-order valence-corrected chi connectivity index (χ1v) is 5.09. The number of carbonyl (C=O) groups excluding carboxylic acids is 1. The van der Waals surface area contributed by atoms with E-state index < -0.39 is 5.97 Å². The van der Waals surface area contributed by atoms with Crippen molar-refractivity contribution in [2.24, 2.45) is 0 Å². The molecule has 0 unspecified atom stereocenters. The molecule has 1 aromatic rings. The van der Waals surface area contributed by atoms with Crippen LogP contribution in [0, 0.1) is 11.3 Å². The Balaban J connectivity index is 2.79. The van der Waals surface area contributed by atoms with Crippen LogP contribution in [0.1, 0.15) is 19.4 Å². The van der Waals surface area contributed by atoms with Crippen molar-refractivity contribution in [2.75, 3.05) is 0 Å². The number of carbonyl (C=O) groups is 1. The second-order valence-electron chi connectivity index (χ2n) is 3.68. The van der Waals surface area contributed by atoms with Crippen molar-refractivity contribution < 1.29 is 9.53 Å². The molecule has 0 heterocycles. The van der Waals surface area contributed by atoms with E-state index in [1.54, 1.807) is 44.2 Å². The number of esters is 1. The molecule has 1 rings (SSSR count). The summed E-state index contributed by atoms with van der Waals surface area (Å²) in [4.78, 5) is 11.2. The van der Waals surface area contributed by atoms with Crippen LogP contribution in [0.2, 0.25) is 0 Å². The number of benzene rings is 1. The molecule has 86 valence electrons. The zero-order chi connectivity index (χ0) is 12.8.